The molecular weight excluding hydrogens is 332 g/mol. The number of nitrogens with one attached hydrogen (secondary N) is 2. The van der Waals surface area contributed by atoms with Gasteiger partial charge in [0, 0.05) is 17.4 Å². The minimum atomic E-state index is -3.31. The molecule has 1 aromatic carbocycles. The van der Waals surface area contributed by atoms with Gasteiger partial charge < -0.3 is 5.32 Å². The van der Waals surface area contributed by atoms with E-state index in [-0.39, 0.29) is 5.91 Å². The third-order valence-electron chi connectivity index (χ3n) is 2.24. The van der Waals surface area contributed by atoms with Crippen LogP contribution in [0.5, 0.6) is 0 Å². The monoisotopic (exact) mass is 348 g/mol. The van der Waals surface area contributed by atoms with E-state index in [2.05, 4.69) is 26.0 Å². The smallest absolute Gasteiger partial charge is 0.229 e. The minimum Gasteiger partial charge on any atom is -0.326 e. The Hall–Kier alpha value is -1.08. The van der Waals surface area contributed by atoms with Crippen molar-refractivity contribution < 1.29 is 13.2 Å². The number of anilines is 2. The zero-order chi connectivity index (χ0) is 14.3. The highest BCUT2D eigenvalue weighted by Crippen LogP contribution is 2.16. The molecule has 5 nitrogen and oxygen atoms in total. The molecule has 7 heteroatoms. The van der Waals surface area contributed by atoms with Gasteiger partial charge in [-0.3, -0.25) is 9.52 Å². The van der Waals surface area contributed by atoms with E-state index >= 15 is 0 Å². The zero-order valence-electron chi connectivity index (χ0n) is 10.6. The Kier molecular flexibility index (Phi) is 6.30. The fourth-order valence-corrected chi connectivity index (χ4v) is 2.43. The van der Waals surface area contributed by atoms with Crippen LogP contribution in [0.3, 0.4) is 0 Å². The first kappa shape index (κ1) is 16.0. The van der Waals surface area contributed by atoms with Crippen LogP contribution < -0.4 is 10.0 Å². The first-order valence-electron chi connectivity index (χ1n) is 5.84. The van der Waals surface area contributed by atoms with Crippen molar-refractivity contribution in [3.05, 3.63) is 24.3 Å². The van der Waals surface area contributed by atoms with Gasteiger partial charge in [0.05, 0.1) is 11.9 Å². The summed E-state index contributed by atoms with van der Waals surface area (Å²) in [6.07, 6.45) is 3.30. The van der Waals surface area contributed by atoms with Gasteiger partial charge in [0.1, 0.15) is 0 Å². The number of hydrogen-bond acceptors (Lipinski definition) is 3. The van der Waals surface area contributed by atoms with Crippen LogP contribution >= 0.6 is 15.9 Å². The highest BCUT2D eigenvalue weighted by Gasteiger charge is 2.05. The number of halogens is 1. The molecule has 0 radical (unpaired) electrons. The number of hydrogen-bond donors (Lipinski definition) is 2. The molecular formula is C12H17BrN2O3S. The molecule has 0 heterocycles. The number of amides is 1. The molecule has 0 saturated heterocycles. The lowest BCUT2D eigenvalue weighted by Gasteiger charge is -2.08. The SMILES string of the molecule is CS(=O)(=O)Nc1cccc(NC(=O)CCCCBr)c1. The molecule has 1 rings (SSSR count). The van der Waals surface area contributed by atoms with E-state index in [1.165, 1.54) is 0 Å². The Bertz CT molecular complexity index is 532. The van der Waals surface area contributed by atoms with E-state index in [0.717, 1.165) is 24.4 Å². The van der Waals surface area contributed by atoms with Gasteiger partial charge >= 0.3 is 0 Å². The molecule has 0 fully saturated rings. The molecule has 0 spiro atoms. The van der Waals surface area contributed by atoms with Gasteiger partial charge in [-0.2, -0.15) is 0 Å². The molecule has 0 atom stereocenters. The van der Waals surface area contributed by atoms with Crippen LogP contribution in [0, 0.1) is 0 Å². The van der Waals surface area contributed by atoms with Crippen LogP contribution in [0.2, 0.25) is 0 Å². The lowest BCUT2D eigenvalue weighted by Crippen LogP contribution is -2.12. The van der Waals surface area contributed by atoms with Crippen LogP contribution in [-0.4, -0.2) is 25.9 Å². The highest BCUT2D eigenvalue weighted by atomic mass is 79.9. The molecule has 19 heavy (non-hydrogen) atoms. The number of unbranched alkanes of at least 4 members (excludes halogenated alkanes) is 1. The van der Waals surface area contributed by atoms with E-state index in [9.17, 15) is 13.2 Å². The van der Waals surface area contributed by atoms with Gasteiger partial charge in [-0.25, -0.2) is 8.42 Å². The van der Waals surface area contributed by atoms with Crippen LogP contribution in [0.25, 0.3) is 0 Å². The maximum atomic E-state index is 11.6. The molecule has 0 aliphatic rings. The van der Waals surface area contributed by atoms with Crippen molar-refractivity contribution in [3.8, 4) is 0 Å². The van der Waals surface area contributed by atoms with Crippen molar-refractivity contribution in [2.24, 2.45) is 0 Å². The largest absolute Gasteiger partial charge is 0.326 e. The van der Waals surface area contributed by atoms with Gasteiger partial charge in [-0.05, 0) is 31.0 Å². The molecule has 0 aliphatic carbocycles. The van der Waals surface area contributed by atoms with Gasteiger partial charge in [-0.1, -0.05) is 22.0 Å². The second kappa shape index (κ2) is 7.49. The van der Waals surface area contributed by atoms with Gasteiger partial charge in [-0.15, -0.1) is 0 Å². The minimum absolute atomic E-state index is 0.0718. The van der Waals surface area contributed by atoms with Crippen molar-refractivity contribution in [1.29, 1.82) is 0 Å². The average Bonchev–Trinajstić information content (AvgIpc) is 2.27. The molecule has 1 aromatic rings. The third-order valence-corrected chi connectivity index (χ3v) is 3.40. The Labute approximate surface area is 122 Å². The van der Waals surface area contributed by atoms with Crippen molar-refractivity contribution in [2.45, 2.75) is 19.3 Å². The fourth-order valence-electron chi connectivity index (χ4n) is 1.48. The van der Waals surface area contributed by atoms with Crippen LogP contribution in [0.1, 0.15) is 19.3 Å². The predicted molar refractivity (Wildman–Crippen MR) is 81.2 cm³/mol. The van der Waals surface area contributed by atoms with Crippen LogP contribution in [0.15, 0.2) is 24.3 Å². The molecule has 1 amide bonds. The summed E-state index contributed by atoms with van der Waals surface area (Å²) < 4.78 is 24.6. The summed E-state index contributed by atoms with van der Waals surface area (Å²) in [5.41, 5.74) is 1.01. The summed E-state index contributed by atoms with van der Waals surface area (Å²) >= 11 is 3.31. The lowest BCUT2D eigenvalue weighted by molar-refractivity contribution is -0.116. The number of carbonyl (C=O) groups excluding carboxylic acids is 1. The second-order valence-electron chi connectivity index (χ2n) is 4.15. The standard InChI is InChI=1S/C12H17BrN2O3S/c1-19(17,18)15-11-6-4-5-10(9-11)14-12(16)7-2-3-8-13/h4-6,9,15H,2-3,7-8H2,1H3,(H,14,16). The number of alkyl halides is 1. The van der Waals surface area contributed by atoms with E-state index in [0.29, 0.717) is 17.8 Å². The van der Waals surface area contributed by atoms with Gasteiger partial charge in [0.25, 0.3) is 0 Å². The van der Waals surface area contributed by atoms with E-state index in [1.54, 1.807) is 24.3 Å². The van der Waals surface area contributed by atoms with Crippen molar-refractivity contribution in [1.82, 2.24) is 0 Å². The molecule has 0 aromatic heterocycles. The Morgan fingerprint density at radius 1 is 1.26 bits per heavy atom. The summed E-state index contributed by atoms with van der Waals surface area (Å²) in [6.45, 7) is 0. The molecule has 106 valence electrons. The Morgan fingerprint density at radius 2 is 1.95 bits per heavy atom. The van der Waals surface area contributed by atoms with E-state index in [4.69, 9.17) is 0 Å². The lowest BCUT2D eigenvalue weighted by atomic mass is 10.2. The third kappa shape index (κ3) is 7.17. The molecule has 0 bridgehead atoms. The number of sulfonamides is 1. The number of carbonyl (C=O) groups is 1. The second-order valence-corrected chi connectivity index (χ2v) is 6.69. The molecule has 0 unspecified atom stereocenters. The highest BCUT2D eigenvalue weighted by molar-refractivity contribution is 9.09. The Balaban J connectivity index is 2.59. The summed E-state index contributed by atoms with van der Waals surface area (Å²) in [5.74, 6) is -0.0718. The average molecular weight is 349 g/mol. The first-order valence-corrected chi connectivity index (χ1v) is 8.85. The molecule has 2 N–H and O–H groups in total. The van der Waals surface area contributed by atoms with Gasteiger partial charge in [0.15, 0.2) is 0 Å². The summed E-state index contributed by atoms with van der Waals surface area (Å²) in [6, 6.07) is 6.61. The van der Waals surface area contributed by atoms with E-state index < -0.39 is 10.0 Å². The zero-order valence-corrected chi connectivity index (χ0v) is 13.1. The van der Waals surface area contributed by atoms with Crippen molar-refractivity contribution >= 4 is 43.2 Å². The number of benzene rings is 1. The van der Waals surface area contributed by atoms with Gasteiger partial charge in [0.2, 0.25) is 15.9 Å². The van der Waals surface area contributed by atoms with Crippen molar-refractivity contribution in [3.63, 3.8) is 0 Å². The summed E-state index contributed by atoms with van der Waals surface area (Å²) in [5, 5.41) is 3.62. The summed E-state index contributed by atoms with van der Waals surface area (Å²) in [7, 11) is -3.31. The predicted octanol–water partition coefficient (Wildman–Crippen LogP) is 2.56. The van der Waals surface area contributed by atoms with Crippen molar-refractivity contribution in [2.75, 3.05) is 21.6 Å². The maximum Gasteiger partial charge on any atom is 0.229 e. The van der Waals surface area contributed by atoms with Crippen LogP contribution in [0.4, 0.5) is 11.4 Å². The summed E-state index contributed by atoms with van der Waals surface area (Å²) in [4.78, 5) is 11.6. The first-order chi connectivity index (χ1) is 8.90. The fraction of sp³-hybridized carbons (Fsp3) is 0.417. The number of rotatable bonds is 7. The quantitative estimate of drug-likeness (QED) is 0.587. The maximum absolute atomic E-state index is 11.6. The molecule has 0 aliphatic heterocycles. The molecule has 0 saturated carbocycles. The van der Waals surface area contributed by atoms with Crippen LogP contribution in [-0.2, 0) is 14.8 Å². The van der Waals surface area contributed by atoms with E-state index in [1.807, 2.05) is 0 Å². The normalized spacial score (nSPS) is 11.1. The Morgan fingerprint density at radius 3 is 2.58 bits per heavy atom. The topological polar surface area (TPSA) is 75.3 Å².